The molecule has 0 aromatic heterocycles. The van der Waals surface area contributed by atoms with Crippen LogP contribution in [-0.2, 0) is 24.2 Å². The Kier molecular flexibility index (Phi) is 38.4. The molecule has 8 nitrogen and oxygen atoms in total. The minimum absolute atomic E-state index is 0.0371. The van der Waals surface area contributed by atoms with E-state index < -0.39 is 15.9 Å². The average molecular weight is 748 g/mol. The van der Waals surface area contributed by atoms with Gasteiger partial charge in [-0.2, -0.15) is 8.42 Å². The van der Waals surface area contributed by atoms with Gasteiger partial charge in [0.2, 0.25) is 0 Å². The smallest absolute Gasteiger partial charge is 0.395 e. The van der Waals surface area contributed by atoms with Crippen LogP contribution < -0.4 is 0 Å². The van der Waals surface area contributed by atoms with E-state index in [-0.39, 0.29) is 18.2 Å². The standard InChI is InChI=1S/C41H81NO3.CH4O4S/c1-5-7-9-11-13-15-17-19-21-23-25-27-29-31-33-35-39(44)41(3,42(4)37-38-43)40(45)36-34-32-30-28-26-24-22-20-18-16-14-12-10-8-6-2;1-5-6(2,3)4/h43H,5-38H2,1-4H3;1H3,(H,2,3,4). The lowest BCUT2D eigenvalue weighted by Crippen LogP contribution is -2.57. The van der Waals surface area contributed by atoms with Gasteiger partial charge in [-0.25, -0.2) is 0 Å². The Morgan fingerprint density at radius 3 is 0.941 bits per heavy atom. The molecule has 0 radical (unpaired) electrons. The van der Waals surface area contributed by atoms with Crippen LogP contribution in [0, 0.1) is 0 Å². The van der Waals surface area contributed by atoms with Gasteiger partial charge in [-0.1, -0.05) is 194 Å². The average Bonchev–Trinajstić information content (AvgIpc) is 3.11. The van der Waals surface area contributed by atoms with Crippen LogP contribution in [0.2, 0.25) is 0 Å². The molecule has 0 fully saturated rings. The molecule has 0 rings (SSSR count). The van der Waals surface area contributed by atoms with Crippen molar-refractivity contribution in [1.82, 2.24) is 4.90 Å². The predicted octanol–water partition coefficient (Wildman–Crippen LogP) is 11.8. The summed E-state index contributed by atoms with van der Waals surface area (Å²) in [5, 5.41) is 9.53. The van der Waals surface area contributed by atoms with Crippen LogP contribution in [0.5, 0.6) is 0 Å². The highest BCUT2D eigenvalue weighted by molar-refractivity contribution is 7.80. The molecule has 0 heterocycles. The van der Waals surface area contributed by atoms with Gasteiger partial charge in [0, 0.05) is 19.4 Å². The van der Waals surface area contributed by atoms with Gasteiger partial charge in [0.25, 0.3) is 0 Å². The lowest BCUT2D eigenvalue weighted by molar-refractivity contribution is -0.142. The van der Waals surface area contributed by atoms with Crippen molar-refractivity contribution in [2.75, 3.05) is 27.3 Å². The molecule has 0 spiro atoms. The monoisotopic (exact) mass is 748 g/mol. The number of aliphatic hydroxyl groups excluding tert-OH is 1. The van der Waals surface area contributed by atoms with Crippen LogP contribution in [0.15, 0.2) is 0 Å². The van der Waals surface area contributed by atoms with E-state index in [9.17, 15) is 23.1 Å². The number of carbonyl (C=O) groups is 2. The minimum atomic E-state index is -4.16. The maximum atomic E-state index is 13.4. The number of Topliss-reactive ketones (excluding diaryl/α,β-unsaturated/α-hetero) is 2. The van der Waals surface area contributed by atoms with Gasteiger partial charge in [-0.05, 0) is 26.8 Å². The molecule has 0 aliphatic heterocycles. The normalized spacial score (nSPS) is 11.9. The van der Waals surface area contributed by atoms with E-state index >= 15 is 0 Å². The molecule has 0 unspecified atom stereocenters. The molecule has 2 N–H and O–H groups in total. The van der Waals surface area contributed by atoms with E-state index in [4.69, 9.17) is 4.55 Å². The van der Waals surface area contributed by atoms with Gasteiger partial charge in [0.15, 0.2) is 11.6 Å². The minimum Gasteiger partial charge on any atom is -0.395 e. The van der Waals surface area contributed by atoms with Crippen LogP contribution in [-0.4, -0.2) is 67.4 Å². The van der Waals surface area contributed by atoms with E-state index in [2.05, 4.69) is 18.0 Å². The first kappa shape index (κ1) is 52.2. The second-order valence-electron chi connectivity index (χ2n) is 15.1. The molecule has 0 aromatic rings. The summed E-state index contributed by atoms with van der Waals surface area (Å²) >= 11 is 0. The Balaban J connectivity index is 0. The highest BCUT2D eigenvalue weighted by Gasteiger charge is 2.42. The summed E-state index contributed by atoms with van der Waals surface area (Å²) in [5.74, 6) is 0.0817. The summed E-state index contributed by atoms with van der Waals surface area (Å²) in [6.45, 7) is 6.68. The molecule has 0 aliphatic carbocycles. The summed E-state index contributed by atoms with van der Waals surface area (Å²) in [5.41, 5.74) is -1.10. The highest BCUT2D eigenvalue weighted by Crippen LogP contribution is 2.24. The Hall–Kier alpha value is -0.870. The van der Waals surface area contributed by atoms with E-state index in [1.54, 1.807) is 4.90 Å². The van der Waals surface area contributed by atoms with E-state index in [0.717, 1.165) is 32.8 Å². The fourth-order valence-corrected chi connectivity index (χ4v) is 6.76. The van der Waals surface area contributed by atoms with Crippen molar-refractivity contribution >= 4 is 22.0 Å². The highest BCUT2D eigenvalue weighted by atomic mass is 32.3. The quantitative estimate of drug-likeness (QED) is 0.0364. The summed E-state index contributed by atoms with van der Waals surface area (Å²) in [6.07, 6.45) is 40.0. The maximum absolute atomic E-state index is 13.4. The number of unbranched alkanes of at least 4 members (excludes halogenated alkanes) is 28. The van der Waals surface area contributed by atoms with Crippen LogP contribution in [0.25, 0.3) is 0 Å². The Morgan fingerprint density at radius 1 is 0.529 bits per heavy atom. The molecule has 0 aromatic carbocycles. The fourth-order valence-electron chi connectivity index (χ4n) is 6.76. The molecule has 9 heteroatoms. The van der Waals surface area contributed by atoms with E-state index in [1.165, 1.54) is 167 Å². The van der Waals surface area contributed by atoms with Crippen molar-refractivity contribution in [1.29, 1.82) is 0 Å². The predicted molar refractivity (Wildman–Crippen MR) is 216 cm³/mol. The second kappa shape index (κ2) is 37.4. The summed E-state index contributed by atoms with van der Waals surface area (Å²) in [7, 11) is -1.47. The Morgan fingerprint density at radius 2 is 0.745 bits per heavy atom. The number of hydrogen-bond donors (Lipinski definition) is 2. The number of likely N-dealkylation sites (N-methyl/N-ethyl adjacent to an activating group) is 1. The molecule has 0 aliphatic rings. The number of carbonyl (C=O) groups excluding carboxylic acids is 2. The summed E-state index contributed by atoms with van der Waals surface area (Å²) < 4.78 is 29.7. The van der Waals surface area contributed by atoms with Gasteiger partial charge in [0.05, 0.1) is 13.7 Å². The fraction of sp³-hybridized carbons (Fsp3) is 0.952. The number of nitrogens with zero attached hydrogens (tertiary/aromatic N) is 1. The number of β-amino-alcohol motifs (C(OH)–C–C–N with tert-alkyl or cyclic N) is 1. The van der Waals surface area contributed by atoms with Gasteiger partial charge >= 0.3 is 10.4 Å². The maximum Gasteiger partial charge on any atom is 0.397 e. The molecule has 306 valence electrons. The Labute approximate surface area is 317 Å². The molecular weight excluding hydrogens is 663 g/mol. The zero-order valence-electron chi connectivity index (χ0n) is 34.3. The van der Waals surface area contributed by atoms with Crippen molar-refractivity contribution in [2.24, 2.45) is 0 Å². The van der Waals surface area contributed by atoms with Crippen molar-refractivity contribution in [2.45, 2.75) is 232 Å². The number of ketones is 2. The van der Waals surface area contributed by atoms with Crippen LogP contribution in [0.1, 0.15) is 226 Å². The molecular formula is C42H85NO7S. The summed E-state index contributed by atoms with van der Waals surface area (Å²) in [4.78, 5) is 28.5. The van der Waals surface area contributed by atoms with Gasteiger partial charge in [-0.3, -0.25) is 23.2 Å². The van der Waals surface area contributed by atoms with E-state index in [0.29, 0.717) is 19.4 Å². The molecule has 0 saturated carbocycles. The lowest BCUT2D eigenvalue weighted by Gasteiger charge is -2.36. The summed E-state index contributed by atoms with van der Waals surface area (Å²) in [6, 6.07) is 0. The van der Waals surface area contributed by atoms with Crippen molar-refractivity contribution in [3.05, 3.63) is 0 Å². The van der Waals surface area contributed by atoms with E-state index in [1.807, 2.05) is 14.0 Å². The molecule has 0 atom stereocenters. The molecule has 51 heavy (non-hydrogen) atoms. The SMILES string of the molecule is CCCCCCCCCCCCCCCCCC(=O)C(C)(C(=O)CCCCCCCCCCCCCCCCC)N(C)CCO.COS(=O)(=O)O. The van der Waals surface area contributed by atoms with Crippen molar-refractivity contribution < 1.29 is 31.8 Å². The molecule has 0 amide bonds. The third kappa shape index (κ3) is 33.4. The zero-order valence-corrected chi connectivity index (χ0v) is 35.1. The van der Waals surface area contributed by atoms with Gasteiger partial charge in [0.1, 0.15) is 5.54 Å². The number of aliphatic hydroxyl groups is 1. The zero-order chi connectivity index (χ0) is 38.5. The number of hydrogen-bond acceptors (Lipinski definition) is 7. The third-order valence-electron chi connectivity index (χ3n) is 10.5. The van der Waals surface area contributed by atoms with Crippen LogP contribution in [0.4, 0.5) is 0 Å². The topological polar surface area (TPSA) is 121 Å². The van der Waals surface area contributed by atoms with Crippen molar-refractivity contribution in [3.8, 4) is 0 Å². The van der Waals surface area contributed by atoms with Crippen LogP contribution >= 0.6 is 0 Å². The molecule has 0 bridgehead atoms. The Bertz CT molecular complexity index is 834. The lowest BCUT2D eigenvalue weighted by atomic mass is 9.84. The first-order chi connectivity index (χ1) is 24.5. The first-order valence-corrected chi connectivity index (χ1v) is 22.8. The van der Waals surface area contributed by atoms with Gasteiger partial charge < -0.3 is 5.11 Å². The van der Waals surface area contributed by atoms with Crippen LogP contribution in [0.3, 0.4) is 0 Å². The third-order valence-corrected chi connectivity index (χ3v) is 10.9. The second-order valence-corrected chi connectivity index (χ2v) is 16.2. The van der Waals surface area contributed by atoms with Crippen molar-refractivity contribution in [3.63, 3.8) is 0 Å². The number of rotatable bonds is 38. The van der Waals surface area contributed by atoms with Gasteiger partial charge in [-0.15, -0.1) is 0 Å². The largest absolute Gasteiger partial charge is 0.397 e. The molecule has 0 saturated heterocycles. The first-order valence-electron chi connectivity index (χ1n) is 21.4.